The van der Waals surface area contributed by atoms with E-state index in [-0.39, 0.29) is 11.5 Å². The van der Waals surface area contributed by atoms with Crippen LogP contribution in [0.3, 0.4) is 0 Å². The summed E-state index contributed by atoms with van der Waals surface area (Å²) in [6, 6.07) is 9.63. The first-order chi connectivity index (χ1) is 8.59. The summed E-state index contributed by atoms with van der Waals surface area (Å²) >= 11 is 0. The van der Waals surface area contributed by atoms with Gasteiger partial charge in [-0.05, 0) is 11.1 Å². The summed E-state index contributed by atoms with van der Waals surface area (Å²) in [7, 11) is -2.96. The first-order valence-corrected chi connectivity index (χ1v) is 7.53. The third kappa shape index (κ3) is 3.43. The monoisotopic (exact) mass is 265 g/mol. The maximum Gasteiger partial charge on any atom is 0.210 e. The normalized spacial score (nSPS) is 17.2. The van der Waals surface area contributed by atoms with Gasteiger partial charge in [0.1, 0.15) is 0 Å². The van der Waals surface area contributed by atoms with Crippen LogP contribution in [0.1, 0.15) is 5.56 Å². The summed E-state index contributed by atoms with van der Waals surface area (Å²) in [5.41, 5.74) is 1.84. The fourth-order valence-corrected chi connectivity index (χ4v) is 3.35. The Bertz CT molecular complexity index is 549. The van der Waals surface area contributed by atoms with Crippen molar-refractivity contribution in [3.05, 3.63) is 47.5 Å². The van der Waals surface area contributed by atoms with Gasteiger partial charge < -0.3 is 4.90 Å². The highest BCUT2D eigenvalue weighted by atomic mass is 32.2. The van der Waals surface area contributed by atoms with Crippen molar-refractivity contribution in [2.45, 2.75) is 6.54 Å². The summed E-state index contributed by atoms with van der Waals surface area (Å²) < 4.78 is 22.6. The van der Waals surface area contributed by atoms with E-state index in [1.807, 2.05) is 30.3 Å². The van der Waals surface area contributed by atoms with Crippen molar-refractivity contribution in [3.63, 3.8) is 0 Å². The van der Waals surface area contributed by atoms with Gasteiger partial charge in [-0.3, -0.25) is 4.79 Å². The number of benzene rings is 1. The van der Waals surface area contributed by atoms with Crippen LogP contribution in [0.5, 0.6) is 0 Å². The second kappa shape index (κ2) is 5.35. The number of carbonyl (C=O) groups is 1. The zero-order valence-electron chi connectivity index (χ0n) is 9.95. The number of carbonyl (C=O) groups excluding carboxylic acids is 1. The molecular formula is C13H15NO3S. The van der Waals surface area contributed by atoms with Gasteiger partial charge in [0, 0.05) is 13.1 Å². The van der Waals surface area contributed by atoms with E-state index >= 15 is 0 Å². The number of hydrogen-bond acceptors (Lipinski definition) is 3. The van der Waals surface area contributed by atoms with E-state index < -0.39 is 9.84 Å². The Kier molecular flexibility index (Phi) is 3.81. The molecule has 1 aliphatic heterocycles. The second-order valence-electron chi connectivity index (χ2n) is 4.41. The van der Waals surface area contributed by atoms with Crippen molar-refractivity contribution < 1.29 is 13.2 Å². The summed E-state index contributed by atoms with van der Waals surface area (Å²) in [4.78, 5) is 12.6. The molecule has 96 valence electrons. The van der Waals surface area contributed by atoms with E-state index in [9.17, 15) is 13.2 Å². The van der Waals surface area contributed by atoms with E-state index in [0.29, 0.717) is 13.1 Å². The van der Waals surface area contributed by atoms with Crippen LogP contribution < -0.4 is 0 Å². The Morgan fingerprint density at radius 3 is 2.44 bits per heavy atom. The molecular weight excluding hydrogens is 250 g/mol. The number of sulfone groups is 1. The number of nitrogens with zero attached hydrogens (tertiary/aromatic N) is 1. The van der Waals surface area contributed by atoms with Crippen LogP contribution in [0, 0.1) is 0 Å². The highest BCUT2D eigenvalue weighted by Gasteiger charge is 2.20. The van der Waals surface area contributed by atoms with Crippen LogP contribution in [0.15, 0.2) is 42.0 Å². The molecule has 2 rings (SSSR count). The van der Waals surface area contributed by atoms with Gasteiger partial charge >= 0.3 is 0 Å². The molecule has 0 unspecified atom stereocenters. The zero-order chi connectivity index (χ0) is 13.0. The molecule has 1 amide bonds. The lowest BCUT2D eigenvalue weighted by atomic mass is 10.2. The van der Waals surface area contributed by atoms with Gasteiger partial charge in [0.2, 0.25) is 6.41 Å². The van der Waals surface area contributed by atoms with Crippen molar-refractivity contribution in [2.24, 2.45) is 0 Å². The average Bonchev–Trinajstić information content (AvgIpc) is 2.69. The Hall–Kier alpha value is -1.62. The SMILES string of the molecule is O=CN(CC1=CCS(=O)(=O)C1)Cc1ccccc1. The lowest BCUT2D eigenvalue weighted by molar-refractivity contribution is -0.118. The summed E-state index contributed by atoms with van der Waals surface area (Å²) in [6.07, 6.45) is 2.47. The van der Waals surface area contributed by atoms with Crippen LogP contribution in [0.2, 0.25) is 0 Å². The third-order valence-electron chi connectivity index (χ3n) is 2.81. The Morgan fingerprint density at radius 1 is 1.17 bits per heavy atom. The molecule has 1 aromatic rings. The van der Waals surface area contributed by atoms with Gasteiger partial charge in [-0.15, -0.1) is 0 Å². The van der Waals surface area contributed by atoms with Crippen molar-refractivity contribution in [2.75, 3.05) is 18.1 Å². The molecule has 0 aromatic heterocycles. The largest absolute Gasteiger partial charge is 0.337 e. The Morgan fingerprint density at radius 2 is 1.89 bits per heavy atom. The molecule has 0 bridgehead atoms. The van der Waals surface area contributed by atoms with E-state index in [4.69, 9.17) is 0 Å². The third-order valence-corrected chi connectivity index (χ3v) is 4.30. The standard InChI is InChI=1S/C13H15NO3S/c15-11-14(8-12-4-2-1-3-5-12)9-13-6-7-18(16,17)10-13/h1-6,11H,7-10H2. The van der Waals surface area contributed by atoms with E-state index in [2.05, 4.69) is 0 Å². The molecule has 4 nitrogen and oxygen atoms in total. The molecule has 0 fully saturated rings. The van der Waals surface area contributed by atoms with Crippen LogP contribution in [-0.2, 0) is 21.2 Å². The quantitative estimate of drug-likeness (QED) is 0.589. The zero-order valence-corrected chi connectivity index (χ0v) is 10.8. The van der Waals surface area contributed by atoms with E-state index in [0.717, 1.165) is 17.5 Å². The smallest absolute Gasteiger partial charge is 0.210 e. The van der Waals surface area contributed by atoms with Crippen molar-refractivity contribution in [1.29, 1.82) is 0 Å². The van der Waals surface area contributed by atoms with Gasteiger partial charge in [-0.25, -0.2) is 8.42 Å². The molecule has 0 atom stereocenters. The first kappa shape index (κ1) is 12.8. The highest BCUT2D eigenvalue weighted by molar-refractivity contribution is 7.92. The maximum absolute atomic E-state index is 11.3. The fraction of sp³-hybridized carbons (Fsp3) is 0.308. The minimum absolute atomic E-state index is 0.0755. The summed E-state index contributed by atoms with van der Waals surface area (Å²) in [5, 5.41) is 0. The predicted octanol–water partition coefficient (Wildman–Crippen LogP) is 1.000. The average molecular weight is 265 g/mol. The number of amides is 1. The lowest BCUT2D eigenvalue weighted by Gasteiger charge is -2.17. The van der Waals surface area contributed by atoms with Crippen LogP contribution >= 0.6 is 0 Å². The van der Waals surface area contributed by atoms with E-state index in [1.165, 1.54) is 0 Å². The highest BCUT2D eigenvalue weighted by Crippen LogP contribution is 2.13. The van der Waals surface area contributed by atoms with E-state index in [1.54, 1.807) is 11.0 Å². The minimum atomic E-state index is -2.96. The predicted molar refractivity (Wildman–Crippen MR) is 69.7 cm³/mol. The van der Waals surface area contributed by atoms with Crippen molar-refractivity contribution in [1.82, 2.24) is 4.90 Å². The fourth-order valence-electron chi connectivity index (χ4n) is 1.96. The Balaban J connectivity index is 1.97. The van der Waals surface area contributed by atoms with Gasteiger partial charge in [-0.1, -0.05) is 36.4 Å². The van der Waals surface area contributed by atoms with Crippen LogP contribution in [0.4, 0.5) is 0 Å². The van der Waals surface area contributed by atoms with Gasteiger partial charge in [0.15, 0.2) is 9.84 Å². The molecule has 0 saturated heterocycles. The molecule has 1 heterocycles. The van der Waals surface area contributed by atoms with Crippen molar-refractivity contribution in [3.8, 4) is 0 Å². The van der Waals surface area contributed by atoms with Crippen LogP contribution in [-0.4, -0.2) is 37.8 Å². The molecule has 0 saturated carbocycles. The van der Waals surface area contributed by atoms with Crippen LogP contribution in [0.25, 0.3) is 0 Å². The lowest BCUT2D eigenvalue weighted by Crippen LogP contribution is -2.24. The molecule has 0 N–H and O–H groups in total. The van der Waals surface area contributed by atoms with Gasteiger partial charge in [0.25, 0.3) is 0 Å². The Labute approximate surface area is 107 Å². The molecule has 0 radical (unpaired) electrons. The molecule has 5 heteroatoms. The second-order valence-corrected chi connectivity index (χ2v) is 6.52. The molecule has 0 aliphatic carbocycles. The number of hydrogen-bond donors (Lipinski definition) is 0. The minimum Gasteiger partial charge on any atom is -0.337 e. The van der Waals surface area contributed by atoms with Crippen molar-refractivity contribution >= 4 is 16.2 Å². The van der Waals surface area contributed by atoms with Gasteiger partial charge in [-0.2, -0.15) is 0 Å². The maximum atomic E-state index is 11.3. The topological polar surface area (TPSA) is 54.5 Å². The van der Waals surface area contributed by atoms with Gasteiger partial charge in [0.05, 0.1) is 11.5 Å². The summed E-state index contributed by atoms with van der Waals surface area (Å²) in [5.74, 6) is 0.173. The molecule has 18 heavy (non-hydrogen) atoms. The molecule has 1 aromatic carbocycles. The molecule has 0 spiro atoms. The first-order valence-electron chi connectivity index (χ1n) is 5.71. The molecule has 1 aliphatic rings. The number of rotatable bonds is 5. The summed E-state index contributed by atoms with van der Waals surface area (Å²) in [6.45, 7) is 0.888.